The molecule has 31 heavy (non-hydrogen) atoms. The monoisotopic (exact) mass is 426 g/mol. The van der Waals surface area contributed by atoms with E-state index in [2.05, 4.69) is 15.5 Å². The van der Waals surface area contributed by atoms with Crippen LogP contribution in [-0.4, -0.2) is 58.3 Å². The number of carbonyl (C=O) groups excluding carboxylic acids is 2. The van der Waals surface area contributed by atoms with E-state index in [4.69, 9.17) is 4.74 Å². The smallest absolute Gasteiger partial charge is 0.322 e. The predicted molar refractivity (Wildman–Crippen MR) is 116 cm³/mol. The first-order valence-electron chi connectivity index (χ1n) is 11.2. The van der Waals surface area contributed by atoms with Crippen molar-refractivity contribution in [1.82, 2.24) is 20.1 Å². The Balaban J connectivity index is 1.42. The molecule has 1 aromatic heterocycles. The number of benzene rings is 1. The van der Waals surface area contributed by atoms with Gasteiger partial charge in [-0.1, -0.05) is 12.8 Å². The van der Waals surface area contributed by atoms with Crippen LogP contribution in [0.1, 0.15) is 38.5 Å². The van der Waals surface area contributed by atoms with Crippen LogP contribution < -0.4 is 15.4 Å². The van der Waals surface area contributed by atoms with Crippen molar-refractivity contribution in [1.29, 1.82) is 0 Å². The normalized spacial score (nSPS) is 25.8. The summed E-state index contributed by atoms with van der Waals surface area (Å²) in [5, 5.41) is 17.7. The molecular formula is C23H30N4O4. The molecule has 3 N–H and O–H groups in total. The van der Waals surface area contributed by atoms with Crippen LogP contribution in [0.2, 0.25) is 0 Å². The maximum atomic E-state index is 13.1. The van der Waals surface area contributed by atoms with E-state index in [1.807, 2.05) is 12.3 Å². The van der Waals surface area contributed by atoms with Crippen molar-refractivity contribution in [3.63, 3.8) is 0 Å². The van der Waals surface area contributed by atoms with Crippen LogP contribution in [0.15, 0.2) is 24.4 Å². The molecule has 2 aromatic rings. The Hall–Kier alpha value is -2.74. The molecule has 166 valence electrons. The summed E-state index contributed by atoms with van der Waals surface area (Å²) in [6.07, 6.45) is 8.65. The number of imide groups is 1. The highest BCUT2D eigenvalue weighted by Crippen LogP contribution is 2.38. The number of ether oxygens (including phenoxy) is 1. The van der Waals surface area contributed by atoms with Crippen molar-refractivity contribution in [3.05, 3.63) is 24.4 Å². The number of nitrogens with zero attached hydrogens (tertiary/aromatic N) is 2. The van der Waals surface area contributed by atoms with E-state index >= 15 is 0 Å². The number of methoxy groups -OCH3 is 1. The third-order valence-corrected chi connectivity index (χ3v) is 7.52. The largest absolute Gasteiger partial charge is 0.497 e. The van der Waals surface area contributed by atoms with Gasteiger partial charge in [-0.3, -0.25) is 10.1 Å². The third-order valence-electron chi connectivity index (χ3n) is 7.52. The minimum absolute atomic E-state index is 0.0102. The van der Waals surface area contributed by atoms with Crippen LogP contribution in [0.25, 0.3) is 10.8 Å². The number of aromatic hydroxyl groups is 1. The number of rotatable bonds is 5. The van der Waals surface area contributed by atoms with E-state index < -0.39 is 11.6 Å². The molecule has 8 heteroatoms. The second kappa shape index (κ2) is 7.75. The quantitative estimate of drug-likeness (QED) is 0.639. The third kappa shape index (κ3) is 3.43. The molecule has 1 unspecified atom stereocenters. The lowest BCUT2D eigenvalue weighted by molar-refractivity contribution is -0.127. The number of likely N-dealkylation sites (tertiary alicyclic amines) is 1. The average Bonchev–Trinajstić information content (AvgIpc) is 3.48. The standard InChI is InChI=1S/C23H30N4O4/c1-31-18-6-7-19-15(12-18)13-27(20(19)28)14-23(21(29)24-22(30)25-23)16-8-10-26(11-9-16)17-4-2-3-5-17/h6-7,12-13,16-17,28H,2-5,8-11,14H2,1H3,(H2,24,25,29,30). The molecule has 1 saturated carbocycles. The Morgan fingerprint density at radius 1 is 1.16 bits per heavy atom. The molecule has 0 spiro atoms. The number of aromatic nitrogens is 1. The van der Waals surface area contributed by atoms with Gasteiger partial charge in [-0.15, -0.1) is 0 Å². The molecule has 2 aliphatic heterocycles. The van der Waals surface area contributed by atoms with E-state index in [-0.39, 0.29) is 24.2 Å². The summed E-state index contributed by atoms with van der Waals surface area (Å²) in [5.74, 6) is 0.502. The van der Waals surface area contributed by atoms with Crippen LogP contribution in [0.5, 0.6) is 11.6 Å². The number of hydrogen-bond donors (Lipinski definition) is 3. The van der Waals surface area contributed by atoms with E-state index in [0.717, 1.165) is 31.3 Å². The van der Waals surface area contributed by atoms with Crippen LogP contribution >= 0.6 is 0 Å². The van der Waals surface area contributed by atoms with Gasteiger partial charge in [0.05, 0.1) is 13.7 Å². The van der Waals surface area contributed by atoms with E-state index in [1.54, 1.807) is 23.8 Å². The molecule has 8 nitrogen and oxygen atoms in total. The average molecular weight is 427 g/mol. The maximum absolute atomic E-state index is 13.1. The fraction of sp³-hybridized carbons (Fsp3) is 0.565. The molecule has 3 fully saturated rings. The van der Waals surface area contributed by atoms with Crippen molar-refractivity contribution in [3.8, 4) is 11.6 Å². The van der Waals surface area contributed by atoms with Crippen LogP contribution in [0.4, 0.5) is 4.79 Å². The van der Waals surface area contributed by atoms with Gasteiger partial charge in [-0.2, -0.15) is 0 Å². The minimum Gasteiger partial charge on any atom is -0.497 e. The SMILES string of the molecule is COc1ccc2c(O)n(CC3(C4CCN(C5CCCC5)CC4)NC(=O)NC3=O)cc2c1. The van der Waals surface area contributed by atoms with Crippen LogP contribution in [-0.2, 0) is 11.3 Å². The fourth-order valence-electron chi connectivity index (χ4n) is 5.81. The number of urea groups is 1. The Bertz CT molecular complexity index is 1000. The highest BCUT2D eigenvalue weighted by molar-refractivity contribution is 6.07. The Kier molecular flexibility index (Phi) is 5.04. The molecule has 3 amide bonds. The Morgan fingerprint density at radius 3 is 2.55 bits per heavy atom. The lowest BCUT2D eigenvalue weighted by Crippen LogP contribution is -2.59. The van der Waals surface area contributed by atoms with Crippen molar-refractivity contribution in [2.45, 2.75) is 56.7 Å². The second-order valence-electron chi connectivity index (χ2n) is 9.16. The first-order chi connectivity index (χ1) is 15.0. The van der Waals surface area contributed by atoms with E-state index in [0.29, 0.717) is 17.2 Å². The van der Waals surface area contributed by atoms with Crippen LogP contribution in [0.3, 0.4) is 0 Å². The van der Waals surface area contributed by atoms with Gasteiger partial charge < -0.3 is 24.6 Å². The molecule has 0 bridgehead atoms. The lowest BCUT2D eigenvalue weighted by atomic mass is 9.77. The molecular weight excluding hydrogens is 396 g/mol. The van der Waals surface area contributed by atoms with Gasteiger partial charge in [0.2, 0.25) is 0 Å². The zero-order chi connectivity index (χ0) is 21.6. The van der Waals surface area contributed by atoms with Crippen molar-refractivity contribution < 1.29 is 19.4 Å². The number of hydrogen-bond acceptors (Lipinski definition) is 5. The Morgan fingerprint density at radius 2 is 1.90 bits per heavy atom. The summed E-state index contributed by atoms with van der Waals surface area (Å²) in [5.41, 5.74) is -1.06. The topological polar surface area (TPSA) is 95.8 Å². The first-order valence-corrected chi connectivity index (χ1v) is 11.2. The lowest BCUT2D eigenvalue weighted by Gasteiger charge is -2.42. The minimum atomic E-state index is -1.06. The van der Waals surface area contributed by atoms with Gasteiger partial charge in [-0.05, 0) is 62.9 Å². The Labute approximate surface area is 181 Å². The molecule has 3 heterocycles. The maximum Gasteiger partial charge on any atom is 0.322 e. The van der Waals surface area contributed by atoms with Crippen molar-refractivity contribution >= 4 is 22.7 Å². The highest BCUT2D eigenvalue weighted by Gasteiger charge is 2.53. The summed E-state index contributed by atoms with van der Waals surface area (Å²) in [6.45, 7) is 2.08. The van der Waals surface area contributed by atoms with Gasteiger partial charge >= 0.3 is 6.03 Å². The van der Waals surface area contributed by atoms with Gasteiger partial charge in [0, 0.05) is 23.0 Å². The zero-order valence-electron chi connectivity index (χ0n) is 17.9. The molecule has 1 atom stereocenters. The molecule has 2 saturated heterocycles. The number of piperidine rings is 1. The number of fused-ring (bicyclic) bond motifs is 1. The molecule has 5 rings (SSSR count). The number of nitrogens with one attached hydrogen (secondary N) is 2. The molecule has 1 aliphatic carbocycles. The van der Waals surface area contributed by atoms with Gasteiger partial charge in [0.1, 0.15) is 11.3 Å². The van der Waals surface area contributed by atoms with Crippen LogP contribution in [0, 0.1) is 5.92 Å². The van der Waals surface area contributed by atoms with E-state index in [1.165, 1.54) is 25.7 Å². The fourth-order valence-corrected chi connectivity index (χ4v) is 5.81. The van der Waals surface area contributed by atoms with Gasteiger partial charge in [0.15, 0.2) is 5.88 Å². The molecule has 3 aliphatic rings. The summed E-state index contributed by atoms with van der Waals surface area (Å²) in [4.78, 5) is 27.8. The summed E-state index contributed by atoms with van der Waals surface area (Å²) < 4.78 is 6.97. The summed E-state index contributed by atoms with van der Waals surface area (Å²) in [6, 6.07) is 5.66. The second-order valence-corrected chi connectivity index (χ2v) is 9.16. The number of carbonyl (C=O) groups is 2. The van der Waals surface area contributed by atoms with Crippen molar-refractivity contribution in [2.24, 2.45) is 5.92 Å². The first kappa shape index (κ1) is 20.2. The zero-order valence-corrected chi connectivity index (χ0v) is 17.9. The summed E-state index contributed by atoms with van der Waals surface area (Å²) in [7, 11) is 1.60. The highest BCUT2D eigenvalue weighted by atomic mass is 16.5. The number of amides is 3. The predicted octanol–water partition coefficient (Wildman–Crippen LogP) is 2.59. The van der Waals surface area contributed by atoms with Gasteiger partial charge in [0.25, 0.3) is 5.91 Å². The van der Waals surface area contributed by atoms with Gasteiger partial charge in [-0.25, -0.2) is 4.79 Å². The summed E-state index contributed by atoms with van der Waals surface area (Å²) >= 11 is 0. The van der Waals surface area contributed by atoms with Crippen molar-refractivity contribution in [2.75, 3.05) is 20.2 Å². The molecule has 1 aromatic carbocycles. The molecule has 0 radical (unpaired) electrons. The van der Waals surface area contributed by atoms with E-state index in [9.17, 15) is 14.7 Å².